The maximum absolute atomic E-state index is 10.7. The second-order valence-electron chi connectivity index (χ2n) is 5.60. The van der Waals surface area contributed by atoms with Gasteiger partial charge in [-0.25, -0.2) is 0 Å². The van der Waals surface area contributed by atoms with Crippen LogP contribution in [-0.2, 0) is 14.4 Å². The van der Waals surface area contributed by atoms with Gasteiger partial charge in [-0.1, -0.05) is 69.6 Å². The number of rotatable bonds is 7. The number of hydrogen-bond acceptors (Lipinski definition) is 5. The molecule has 2 N–H and O–H groups in total. The lowest BCUT2D eigenvalue weighted by Gasteiger charge is -2.44. The molecular formula is C13H21Cl6N5O3. The summed E-state index contributed by atoms with van der Waals surface area (Å²) in [6.45, 7) is 1.77. The van der Waals surface area contributed by atoms with Crippen LogP contribution in [0.3, 0.4) is 0 Å². The van der Waals surface area contributed by atoms with Gasteiger partial charge in [0.1, 0.15) is 12.3 Å². The molecule has 0 saturated carbocycles. The van der Waals surface area contributed by atoms with Gasteiger partial charge >= 0.3 is 0 Å². The molecule has 8 nitrogen and oxygen atoms in total. The van der Waals surface area contributed by atoms with Crippen molar-refractivity contribution in [1.82, 2.24) is 25.3 Å². The monoisotopic (exact) mass is 505 g/mol. The predicted octanol–water partition coefficient (Wildman–Crippen LogP) is 1.19. The van der Waals surface area contributed by atoms with Crippen molar-refractivity contribution < 1.29 is 14.4 Å². The van der Waals surface area contributed by atoms with Crippen LogP contribution < -0.4 is 10.6 Å². The number of halogens is 6. The van der Waals surface area contributed by atoms with Crippen molar-refractivity contribution in [2.45, 2.75) is 19.9 Å². The van der Waals surface area contributed by atoms with Crippen molar-refractivity contribution in [3.63, 3.8) is 0 Å². The molecule has 1 heterocycles. The summed E-state index contributed by atoms with van der Waals surface area (Å²) in [6, 6.07) is 0. The molecule has 0 aliphatic carbocycles. The zero-order chi connectivity index (χ0) is 21.3. The van der Waals surface area contributed by atoms with Gasteiger partial charge in [0.25, 0.3) is 0 Å². The van der Waals surface area contributed by atoms with E-state index in [1.165, 1.54) is 4.90 Å². The number of hydrogen-bond donors (Lipinski definition) is 2. The minimum atomic E-state index is -1.68. The quantitative estimate of drug-likeness (QED) is 0.399. The summed E-state index contributed by atoms with van der Waals surface area (Å²) in [7, 11) is 3.38. The van der Waals surface area contributed by atoms with Gasteiger partial charge in [0.15, 0.2) is 0 Å². The molecule has 2 unspecified atom stereocenters. The maximum atomic E-state index is 10.7. The molecule has 1 fully saturated rings. The van der Waals surface area contributed by atoms with Crippen molar-refractivity contribution in [1.29, 1.82) is 0 Å². The Morgan fingerprint density at radius 3 is 1.19 bits per heavy atom. The van der Waals surface area contributed by atoms with Gasteiger partial charge in [0.05, 0.1) is 0 Å². The fourth-order valence-corrected chi connectivity index (χ4v) is 3.40. The first-order chi connectivity index (χ1) is 12.4. The van der Waals surface area contributed by atoms with E-state index in [1.807, 2.05) is 0 Å². The van der Waals surface area contributed by atoms with Gasteiger partial charge < -0.3 is 15.5 Å². The molecule has 0 bridgehead atoms. The van der Waals surface area contributed by atoms with Crippen LogP contribution in [0.2, 0.25) is 0 Å². The van der Waals surface area contributed by atoms with E-state index in [2.05, 4.69) is 10.6 Å². The minimum absolute atomic E-state index is 0.442. The van der Waals surface area contributed by atoms with E-state index in [9.17, 15) is 14.4 Å². The molecule has 27 heavy (non-hydrogen) atoms. The lowest BCUT2D eigenvalue weighted by atomic mass is 10.2. The largest absolute Gasteiger partial charge is 0.351 e. The maximum Gasteiger partial charge on any atom is 0.223 e. The first-order valence-corrected chi connectivity index (χ1v) is 9.77. The highest BCUT2D eigenvalue weighted by molar-refractivity contribution is 6.68. The van der Waals surface area contributed by atoms with Gasteiger partial charge in [0.2, 0.25) is 26.8 Å². The minimum Gasteiger partial charge on any atom is -0.351 e. The van der Waals surface area contributed by atoms with E-state index in [0.29, 0.717) is 39.0 Å². The Morgan fingerprint density at radius 2 is 1.04 bits per heavy atom. The third-order valence-electron chi connectivity index (χ3n) is 3.36. The number of amides is 3. The third kappa shape index (κ3) is 10.4. The summed E-state index contributed by atoms with van der Waals surface area (Å²) in [5.41, 5.74) is 0. The molecule has 0 aromatic heterocycles. The molecule has 3 amide bonds. The van der Waals surface area contributed by atoms with Crippen LogP contribution in [0.5, 0.6) is 0 Å². The number of carbonyl (C=O) groups is 3. The number of nitrogens with zero attached hydrogens (tertiary/aromatic N) is 3. The fourth-order valence-electron chi connectivity index (χ4n) is 2.20. The first kappa shape index (κ1) is 27.1. The fraction of sp³-hybridized carbons (Fsp3) is 0.769. The van der Waals surface area contributed by atoms with Crippen LogP contribution in [-0.4, -0.2) is 94.1 Å². The Labute approximate surface area is 188 Å². The molecule has 1 aliphatic rings. The van der Waals surface area contributed by atoms with Gasteiger partial charge in [-0.3, -0.25) is 24.2 Å². The molecule has 14 heteroatoms. The molecule has 158 valence electrons. The van der Waals surface area contributed by atoms with Crippen LogP contribution in [0.25, 0.3) is 0 Å². The Bertz CT molecular complexity index is 430. The second kappa shape index (κ2) is 12.6. The Morgan fingerprint density at radius 1 is 0.778 bits per heavy atom. The lowest BCUT2D eigenvalue weighted by molar-refractivity contribution is -0.116. The average Bonchev–Trinajstić information content (AvgIpc) is 2.56. The Kier molecular flexibility index (Phi) is 12.6. The van der Waals surface area contributed by atoms with Crippen LogP contribution in [0.1, 0.15) is 0 Å². The van der Waals surface area contributed by atoms with Crippen molar-refractivity contribution >= 4 is 88.8 Å². The summed E-state index contributed by atoms with van der Waals surface area (Å²) in [5.74, 6) is 0. The van der Waals surface area contributed by atoms with Crippen LogP contribution in [0.15, 0.2) is 0 Å². The topological polar surface area (TPSA) is 85.0 Å². The third-order valence-corrected chi connectivity index (χ3v) is 4.60. The highest BCUT2D eigenvalue weighted by atomic mass is 35.6. The summed E-state index contributed by atoms with van der Waals surface area (Å²) < 4.78 is -3.36. The number of carbonyl (C=O) groups excluding carboxylic acids is 3. The van der Waals surface area contributed by atoms with Gasteiger partial charge in [-0.2, -0.15) is 0 Å². The highest BCUT2D eigenvalue weighted by Crippen LogP contribution is 2.34. The molecule has 2 atom stereocenters. The number of piperazine rings is 1. The van der Waals surface area contributed by atoms with Gasteiger partial charge in [0, 0.05) is 40.3 Å². The average molecular weight is 508 g/mol. The smallest absolute Gasteiger partial charge is 0.223 e. The molecule has 0 radical (unpaired) electrons. The van der Waals surface area contributed by atoms with Crippen molar-refractivity contribution in [2.75, 3.05) is 40.3 Å². The summed E-state index contributed by atoms with van der Waals surface area (Å²) in [6.07, 6.45) is 0.137. The van der Waals surface area contributed by atoms with E-state index >= 15 is 0 Å². The Hall–Kier alpha value is 0.0700. The predicted molar refractivity (Wildman–Crippen MR) is 109 cm³/mol. The molecular weight excluding hydrogens is 487 g/mol. The standard InChI is InChI=1S/C10H14Cl6N4O2.C3H7NO/c11-9(12,13)7(17-5-21)19-1-2-20(4-3-19)8(18-6-22)10(14,15)16;1-4(2)3-5/h5-8H,1-4H2,(H,17,21)(H,18,22);3H,1-2H3. The molecule has 1 aliphatic heterocycles. The van der Waals surface area contributed by atoms with E-state index in [-0.39, 0.29) is 0 Å². The van der Waals surface area contributed by atoms with E-state index < -0.39 is 19.9 Å². The molecule has 1 saturated heterocycles. The van der Waals surface area contributed by atoms with E-state index in [1.54, 1.807) is 23.9 Å². The van der Waals surface area contributed by atoms with E-state index in [0.717, 1.165) is 6.41 Å². The van der Waals surface area contributed by atoms with Crippen molar-refractivity contribution in [2.24, 2.45) is 0 Å². The summed E-state index contributed by atoms with van der Waals surface area (Å²) in [4.78, 5) is 35.8. The SMILES string of the molecule is CN(C)C=O.O=CNC(N1CCN(C(NC=O)C(Cl)(Cl)Cl)CC1)C(Cl)(Cl)Cl. The number of nitrogens with one attached hydrogen (secondary N) is 2. The van der Waals surface area contributed by atoms with Gasteiger partial charge in [-0.05, 0) is 0 Å². The van der Waals surface area contributed by atoms with Crippen molar-refractivity contribution in [3.05, 3.63) is 0 Å². The molecule has 0 aromatic carbocycles. The van der Waals surface area contributed by atoms with Gasteiger partial charge in [-0.15, -0.1) is 0 Å². The van der Waals surface area contributed by atoms with Crippen LogP contribution >= 0.6 is 69.6 Å². The molecule has 0 spiro atoms. The second-order valence-corrected chi connectivity index (χ2v) is 10.3. The molecule has 0 aromatic rings. The van der Waals surface area contributed by atoms with E-state index in [4.69, 9.17) is 69.6 Å². The van der Waals surface area contributed by atoms with Crippen LogP contribution in [0, 0.1) is 0 Å². The summed E-state index contributed by atoms with van der Waals surface area (Å²) in [5, 5.41) is 4.95. The normalized spacial score (nSPS) is 18.4. The lowest BCUT2D eigenvalue weighted by Crippen LogP contribution is -2.63. The Balaban J connectivity index is 0.00000119. The van der Waals surface area contributed by atoms with Crippen LogP contribution in [0.4, 0.5) is 0 Å². The zero-order valence-corrected chi connectivity index (χ0v) is 19.1. The highest BCUT2D eigenvalue weighted by Gasteiger charge is 2.42. The first-order valence-electron chi connectivity index (χ1n) is 7.51. The summed E-state index contributed by atoms with van der Waals surface area (Å²) >= 11 is 35.2. The number of alkyl halides is 6. The zero-order valence-electron chi connectivity index (χ0n) is 14.5. The van der Waals surface area contributed by atoms with Crippen molar-refractivity contribution in [3.8, 4) is 0 Å². The molecule has 1 rings (SSSR count).